The van der Waals surface area contributed by atoms with Gasteiger partial charge < -0.3 is 4.90 Å². The minimum Gasteiger partial charge on any atom is -0.354 e. The van der Waals surface area contributed by atoms with Crippen molar-refractivity contribution in [2.45, 2.75) is 12.7 Å². The molecule has 0 radical (unpaired) electrons. The molecule has 1 fully saturated rings. The average Bonchev–Trinajstić information content (AvgIpc) is 3.16. The molecular weight excluding hydrogens is 413 g/mol. The summed E-state index contributed by atoms with van der Waals surface area (Å²) < 4.78 is 41.3. The van der Waals surface area contributed by atoms with Crippen molar-refractivity contribution in [1.82, 2.24) is 34.6 Å². The Morgan fingerprint density at radius 3 is 2.61 bits per heavy atom. The zero-order valence-electron chi connectivity index (χ0n) is 15.9. The summed E-state index contributed by atoms with van der Waals surface area (Å²) in [5, 5.41) is 15.1. The predicted molar refractivity (Wildman–Crippen MR) is 103 cm³/mol. The molecular formula is C19H15F3N8O. The van der Waals surface area contributed by atoms with E-state index in [1.54, 1.807) is 30.6 Å². The smallest absolute Gasteiger partial charge is 0.354 e. The lowest BCUT2D eigenvalue weighted by Gasteiger charge is -2.40. The van der Waals surface area contributed by atoms with Gasteiger partial charge in [0.15, 0.2) is 5.65 Å². The lowest BCUT2D eigenvalue weighted by Crippen LogP contribution is -2.50. The van der Waals surface area contributed by atoms with E-state index in [0.717, 1.165) is 5.56 Å². The minimum absolute atomic E-state index is 0.0242. The van der Waals surface area contributed by atoms with Crippen molar-refractivity contribution in [3.05, 3.63) is 65.0 Å². The van der Waals surface area contributed by atoms with Gasteiger partial charge in [-0.3, -0.25) is 9.78 Å². The van der Waals surface area contributed by atoms with Crippen molar-refractivity contribution in [1.29, 1.82) is 0 Å². The second-order valence-corrected chi connectivity index (χ2v) is 7.23. The highest BCUT2D eigenvalue weighted by Gasteiger charge is 2.38. The van der Waals surface area contributed by atoms with Crippen LogP contribution in [0.15, 0.2) is 53.6 Å². The first-order valence-corrected chi connectivity index (χ1v) is 9.42. The number of fused-ring (bicyclic) bond motifs is 1. The van der Waals surface area contributed by atoms with Crippen LogP contribution < -0.4 is 10.5 Å². The first kappa shape index (κ1) is 19.2. The molecule has 4 aromatic rings. The van der Waals surface area contributed by atoms with E-state index >= 15 is 0 Å². The van der Waals surface area contributed by atoms with Crippen molar-refractivity contribution in [2.75, 3.05) is 18.0 Å². The molecule has 0 atom stereocenters. The fourth-order valence-electron chi connectivity index (χ4n) is 3.49. The summed E-state index contributed by atoms with van der Waals surface area (Å²) in [6, 6.07) is 9.82. The van der Waals surface area contributed by atoms with Crippen molar-refractivity contribution < 1.29 is 13.2 Å². The third-order valence-corrected chi connectivity index (χ3v) is 5.04. The number of anilines is 1. The standard InChI is InChI=1S/C19H15F3N8O/c20-19(21,22)18-25-24-15-4-5-16(27-30(15)18)28-9-12(10-28)11-29-17(31)6-3-14(26-29)13-2-1-7-23-8-13/h1-8,12H,9-11H2. The maximum absolute atomic E-state index is 13.1. The van der Waals surface area contributed by atoms with Gasteiger partial charge in [-0.2, -0.15) is 22.8 Å². The van der Waals surface area contributed by atoms with Gasteiger partial charge in [-0.1, -0.05) is 0 Å². The van der Waals surface area contributed by atoms with E-state index in [9.17, 15) is 18.0 Å². The fraction of sp³-hybridized carbons (Fsp3) is 0.263. The number of pyridine rings is 1. The summed E-state index contributed by atoms with van der Waals surface area (Å²) >= 11 is 0. The number of alkyl halides is 3. The molecule has 9 nitrogen and oxygen atoms in total. The summed E-state index contributed by atoms with van der Waals surface area (Å²) in [6.07, 6.45) is -1.32. The molecule has 4 aromatic heterocycles. The Morgan fingerprint density at radius 2 is 1.87 bits per heavy atom. The Bertz CT molecular complexity index is 1290. The second kappa shape index (κ2) is 7.15. The van der Waals surface area contributed by atoms with Gasteiger partial charge in [-0.25, -0.2) is 4.68 Å². The lowest BCUT2D eigenvalue weighted by molar-refractivity contribution is -0.146. The van der Waals surface area contributed by atoms with Gasteiger partial charge in [0.25, 0.3) is 11.4 Å². The molecule has 12 heteroatoms. The quantitative estimate of drug-likeness (QED) is 0.490. The highest BCUT2D eigenvalue weighted by atomic mass is 19.4. The second-order valence-electron chi connectivity index (χ2n) is 7.23. The van der Waals surface area contributed by atoms with Gasteiger partial charge in [-0.15, -0.1) is 15.3 Å². The maximum atomic E-state index is 13.1. The largest absolute Gasteiger partial charge is 0.453 e. The van der Waals surface area contributed by atoms with Crippen LogP contribution in [0, 0.1) is 5.92 Å². The number of halogens is 3. The summed E-state index contributed by atoms with van der Waals surface area (Å²) in [6.45, 7) is 1.46. The zero-order valence-corrected chi connectivity index (χ0v) is 15.9. The van der Waals surface area contributed by atoms with Crippen LogP contribution in [0.5, 0.6) is 0 Å². The van der Waals surface area contributed by atoms with Crippen LogP contribution in [0.1, 0.15) is 5.82 Å². The molecule has 0 unspecified atom stereocenters. The van der Waals surface area contributed by atoms with Crippen LogP contribution in [-0.4, -0.2) is 47.7 Å². The third-order valence-electron chi connectivity index (χ3n) is 5.04. The molecule has 158 valence electrons. The SMILES string of the molecule is O=c1ccc(-c2cccnc2)nn1CC1CN(c2ccc3nnc(C(F)(F)F)n3n2)C1. The number of hydrogen-bond donors (Lipinski definition) is 0. The lowest BCUT2D eigenvalue weighted by atomic mass is 10.0. The Balaban J connectivity index is 1.31. The molecule has 0 N–H and O–H groups in total. The van der Waals surface area contributed by atoms with Crippen LogP contribution in [-0.2, 0) is 12.7 Å². The molecule has 0 amide bonds. The summed E-state index contributed by atoms with van der Waals surface area (Å²) in [5.41, 5.74) is 1.25. The average molecular weight is 428 g/mol. The van der Waals surface area contributed by atoms with E-state index in [1.807, 2.05) is 11.0 Å². The Kier molecular flexibility index (Phi) is 4.41. The normalized spacial score (nSPS) is 14.7. The van der Waals surface area contributed by atoms with E-state index < -0.39 is 12.0 Å². The summed E-state index contributed by atoms with van der Waals surface area (Å²) in [4.78, 5) is 18.1. The predicted octanol–water partition coefficient (Wildman–Crippen LogP) is 1.90. The molecule has 0 saturated carbocycles. The number of hydrogen-bond acceptors (Lipinski definition) is 7. The van der Waals surface area contributed by atoms with Gasteiger partial charge in [0.05, 0.1) is 12.2 Å². The van der Waals surface area contributed by atoms with Crippen LogP contribution in [0.25, 0.3) is 16.9 Å². The van der Waals surface area contributed by atoms with Crippen LogP contribution in [0.4, 0.5) is 19.0 Å². The Hall–Kier alpha value is -3.83. The molecule has 5 rings (SSSR count). The molecule has 31 heavy (non-hydrogen) atoms. The Labute approximate surface area is 172 Å². The zero-order chi connectivity index (χ0) is 21.6. The number of aromatic nitrogens is 7. The molecule has 1 aliphatic rings. The van der Waals surface area contributed by atoms with E-state index in [1.165, 1.54) is 16.8 Å². The van der Waals surface area contributed by atoms with Crippen molar-refractivity contribution in [2.24, 2.45) is 5.92 Å². The van der Waals surface area contributed by atoms with E-state index in [2.05, 4.69) is 25.4 Å². The van der Waals surface area contributed by atoms with Gasteiger partial charge in [0, 0.05) is 43.0 Å². The molecule has 1 saturated heterocycles. The van der Waals surface area contributed by atoms with Gasteiger partial charge in [-0.05, 0) is 30.3 Å². The topological polar surface area (TPSA) is 94.1 Å². The van der Waals surface area contributed by atoms with Crippen molar-refractivity contribution >= 4 is 11.5 Å². The molecule has 0 bridgehead atoms. The Morgan fingerprint density at radius 1 is 1.03 bits per heavy atom. The van der Waals surface area contributed by atoms with E-state index in [-0.39, 0.29) is 17.1 Å². The van der Waals surface area contributed by atoms with Gasteiger partial charge in [0.2, 0.25) is 0 Å². The van der Waals surface area contributed by atoms with Crippen molar-refractivity contribution in [3.63, 3.8) is 0 Å². The van der Waals surface area contributed by atoms with Crippen molar-refractivity contribution in [3.8, 4) is 11.3 Å². The van der Waals surface area contributed by atoms with E-state index in [4.69, 9.17) is 0 Å². The van der Waals surface area contributed by atoms with Gasteiger partial charge >= 0.3 is 6.18 Å². The van der Waals surface area contributed by atoms with E-state index in [0.29, 0.717) is 35.7 Å². The monoisotopic (exact) mass is 428 g/mol. The fourth-order valence-corrected chi connectivity index (χ4v) is 3.49. The number of rotatable bonds is 4. The minimum atomic E-state index is -4.64. The molecule has 5 heterocycles. The summed E-state index contributed by atoms with van der Waals surface area (Å²) in [7, 11) is 0. The first-order valence-electron chi connectivity index (χ1n) is 9.42. The maximum Gasteiger partial charge on any atom is 0.453 e. The molecule has 0 aromatic carbocycles. The first-order chi connectivity index (χ1) is 14.9. The van der Waals surface area contributed by atoms with Crippen LogP contribution in [0.2, 0.25) is 0 Å². The van der Waals surface area contributed by atoms with Crippen LogP contribution in [0.3, 0.4) is 0 Å². The van der Waals surface area contributed by atoms with Gasteiger partial charge in [0.1, 0.15) is 5.82 Å². The van der Waals surface area contributed by atoms with Crippen LogP contribution >= 0.6 is 0 Å². The molecule has 0 spiro atoms. The number of nitrogens with zero attached hydrogens (tertiary/aromatic N) is 8. The molecule has 0 aliphatic carbocycles. The summed E-state index contributed by atoms with van der Waals surface area (Å²) in [5.74, 6) is -0.669. The highest BCUT2D eigenvalue weighted by Crippen LogP contribution is 2.29. The third kappa shape index (κ3) is 3.60. The molecule has 1 aliphatic heterocycles. The highest BCUT2D eigenvalue weighted by molar-refractivity contribution is 5.56.